The van der Waals surface area contributed by atoms with Gasteiger partial charge in [-0.15, -0.1) is 0 Å². The first-order valence-corrected chi connectivity index (χ1v) is 5.92. The third kappa shape index (κ3) is 3.05. The number of pyridine rings is 1. The fraction of sp³-hybridized carbons (Fsp3) is 0.538. The summed E-state index contributed by atoms with van der Waals surface area (Å²) in [5.41, 5.74) is -0.715. The minimum atomic E-state index is -4.39. The fourth-order valence-electron chi connectivity index (χ4n) is 1.68. The normalized spacial score (nSPS) is 20.1. The van der Waals surface area contributed by atoms with Crippen molar-refractivity contribution in [2.75, 3.05) is 6.61 Å². The monoisotopic (exact) mass is 272 g/mol. The van der Waals surface area contributed by atoms with Gasteiger partial charge in [-0.2, -0.15) is 13.2 Å². The summed E-state index contributed by atoms with van der Waals surface area (Å²) in [5.74, 6) is 0.186. The number of ether oxygens (including phenoxy) is 1. The molecule has 0 saturated carbocycles. The van der Waals surface area contributed by atoms with Crippen molar-refractivity contribution in [1.82, 2.24) is 4.98 Å². The van der Waals surface area contributed by atoms with Crippen LogP contribution in [0.3, 0.4) is 0 Å². The van der Waals surface area contributed by atoms with E-state index in [1.54, 1.807) is 0 Å². The number of rotatable bonds is 1. The van der Waals surface area contributed by atoms with Crippen LogP contribution in [-0.2, 0) is 10.9 Å². The second-order valence-corrected chi connectivity index (χ2v) is 5.55. The Bertz CT molecular complexity index is 503. The Morgan fingerprint density at radius 2 is 1.95 bits per heavy atom. The Kier molecular flexibility index (Phi) is 3.28. The van der Waals surface area contributed by atoms with Crippen molar-refractivity contribution in [3.05, 3.63) is 29.6 Å². The van der Waals surface area contributed by atoms with Gasteiger partial charge in [-0.05, 0) is 17.5 Å². The van der Waals surface area contributed by atoms with Gasteiger partial charge in [-0.25, -0.2) is 4.99 Å². The van der Waals surface area contributed by atoms with Crippen LogP contribution < -0.4 is 0 Å². The van der Waals surface area contributed by atoms with E-state index in [4.69, 9.17) is 4.74 Å². The highest BCUT2D eigenvalue weighted by Gasteiger charge is 2.34. The van der Waals surface area contributed by atoms with Crippen LogP contribution in [0.4, 0.5) is 13.2 Å². The van der Waals surface area contributed by atoms with E-state index in [1.807, 2.05) is 20.8 Å². The molecule has 0 N–H and O–H groups in total. The summed E-state index contributed by atoms with van der Waals surface area (Å²) >= 11 is 0. The summed E-state index contributed by atoms with van der Waals surface area (Å²) in [4.78, 5) is 8.21. The minimum absolute atomic E-state index is 0.0705. The largest absolute Gasteiger partial charge is 0.474 e. The van der Waals surface area contributed by atoms with E-state index in [2.05, 4.69) is 9.98 Å². The predicted molar refractivity (Wildman–Crippen MR) is 65.0 cm³/mol. The lowest BCUT2D eigenvalue weighted by molar-refractivity contribution is -0.137. The minimum Gasteiger partial charge on any atom is -0.474 e. The molecule has 1 aliphatic heterocycles. The van der Waals surface area contributed by atoms with Gasteiger partial charge < -0.3 is 4.74 Å². The van der Waals surface area contributed by atoms with Gasteiger partial charge in [0.25, 0.3) is 0 Å². The van der Waals surface area contributed by atoms with Gasteiger partial charge in [0.15, 0.2) is 0 Å². The molecule has 1 aromatic heterocycles. The number of aliphatic imine (C=N–C) groups is 1. The molecule has 0 saturated heterocycles. The summed E-state index contributed by atoms with van der Waals surface area (Å²) in [5, 5.41) is 0. The molecule has 0 bridgehead atoms. The van der Waals surface area contributed by atoms with E-state index in [9.17, 15) is 13.2 Å². The maximum absolute atomic E-state index is 12.6. The van der Waals surface area contributed by atoms with Crippen molar-refractivity contribution >= 4 is 5.90 Å². The lowest BCUT2D eigenvalue weighted by Gasteiger charge is -2.21. The molecule has 2 heterocycles. The molecule has 0 aliphatic carbocycles. The molecule has 3 nitrogen and oxygen atoms in total. The van der Waals surface area contributed by atoms with Crippen molar-refractivity contribution in [2.45, 2.75) is 33.0 Å². The molecule has 1 aromatic rings. The van der Waals surface area contributed by atoms with E-state index in [0.29, 0.717) is 6.61 Å². The van der Waals surface area contributed by atoms with Crippen molar-refractivity contribution < 1.29 is 17.9 Å². The number of nitrogens with zero attached hydrogens (tertiary/aromatic N) is 2. The molecule has 1 atom stereocenters. The van der Waals surface area contributed by atoms with Crippen LogP contribution in [0.15, 0.2) is 23.3 Å². The molecule has 0 unspecified atom stereocenters. The molecule has 0 radical (unpaired) electrons. The first-order chi connectivity index (χ1) is 8.68. The van der Waals surface area contributed by atoms with Crippen LogP contribution in [0.25, 0.3) is 0 Å². The van der Waals surface area contributed by atoms with E-state index in [1.165, 1.54) is 0 Å². The second kappa shape index (κ2) is 4.51. The number of alkyl halides is 3. The third-order valence-electron chi connectivity index (χ3n) is 2.96. The van der Waals surface area contributed by atoms with Gasteiger partial charge >= 0.3 is 6.18 Å². The highest BCUT2D eigenvalue weighted by molar-refractivity contribution is 5.93. The summed E-state index contributed by atoms with van der Waals surface area (Å²) < 4.78 is 43.2. The second-order valence-electron chi connectivity index (χ2n) is 5.55. The summed E-state index contributed by atoms with van der Waals surface area (Å²) in [6, 6.07) is 1.82. The summed E-state index contributed by atoms with van der Waals surface area (Å²) in [7, 11) is 0. The van der Waals surface area contributed by atoms with Crippen LogP contribution in [0, 0.1) is 5.41 Å². The molecule has 0 fully saturated rings. The first kappa shape index (κ1) is 13.8. The molecule has 0 spiro atoms. The smallest absolute Gasteiger partial charge is 0.416 e. The van der Waals surface area contributed by atoms with Crippen molar-refractivity contribution in [1.29, 1.82) is 0 Å². The number of aromatic nitrogens is 1. The molecule has 2 rings (SSSR count). The molecule has 0 amide bonds. The summed E-state index contributed by atoms with van der Waals surface area (Å²) in [6.07, 6.45) is -3.27. The number of hydrogen-bond donors (Lipinski definition) is 0. The highest BCUT2D eigenvalue weighted by atomic mass is 19.4. The third-order valence-corrected chi connectivity index (χ3v) is 2.96. The van der Waals surface area contributed by atoms with E-state index in [0.717, 1.165) is 18.3 Å². The Morgan fingerprint density at radius 3 is 2.47 bits per heavy atom. The lowest BCUT2D eigenvalue weighted by atomic mass is 9.88. The summed E-state index contributed by atoms with van der Waals surface area (Å²) in [6.45, 7) is 6.39. The standard InChI is InChI=1S/C13H15F3N2O/c1-12(2,3)10-7-19-11(18-10)9-6-8(4-5-17-9)13(14,15)16/h4-6,10H,7H2,1-3H3/t10-/m1/s1. The quantitative estimate of drug-likeness (QED) is 0.786. The maximum Gasteiger partial charge on any atom is 0.416 e. The predicted octanol–water partition coefficient (Wildman–Crippen LogP) is 3.29. The Balaban J connectivity index is 2.29. The average molecular weight is 272 g/mol. The zero-order valence-electron chi connectivity index (χ0n) is 11.0. The molecule has 6 heteroatoms. The van der Waals surface area contributed by atoms with Gasteiger partial charge in [0, 0.05) is 6.20 Å². The van der Waals surface area contributed by atoms with Crippen molar-refractivity contribution in [2.24, 2.45) is 10.4 Å². The average Bonchev–Trinajstić information content (AvgIpc) is 2.77. The van der Waals surface area contributed by atoms with Crippen LogP contribution in [0.1, 0.15) is 32.0 Å². The van der Waals surface area contributed by atoms with Gasteiger partial charge in [0.1, 0.15) is 12.3 Å². The zero-order valence-corrected chi connectivity index (χ0v) is 11.0. The molecular weight excluding hydrogens is 257 g/mol. The Hall–Kier alpha value is -1.59. The van der Waals surface area contributed by atoms with Gasteiger partial charge in [-0.1, -0.05) is 20.8 Å². The SMILES string of the molecule is CC(C)(C)[C@H]1COC(c2cc(C(F)(F)F)ccn2)=N1. The van der Waals surface area contributed by atoms with Gasteiger partial charge in [0.05, 0.1) is 11.6 Å². The van der Waals surface area contributed by atoms with E-state index in [-0.39, 0.29) is 23.0 Å². The van der Waals surface area contributed by atoms with Gasteiger partial charge in [-0.3, -0.25) is 4.98 Å². The van der Waals surface area contributed by atoms with E-state index >= 15 is 0 Å². The Labute approximate surface area is 109 Å². The van der Waals surface area contributed by atoms with Crippen molar-refractivity contribution in [3.63, 3.8) is 0 Å². The Morgan fingerprint density at radius 1 is 1.26 bits per heavy atom. The van der Waals surface area contributed by atoms with Crippen LogP contribution in [0.5, 0.6) is 0 Å². The first-order valence-electron chi connectivity index (χ1n) is 5.92. The number of halogens is 3. The number of hydrogen-bond acceptors (Lipinski definition) is 3. The lowest BCUT2D eigenvalue weighted by Crippen LogP contribution is -2.25. The maximum atomic E-state index is 12.6. The topological polar surface area (TPSA) is 34.5 Å². The highest BCUT2D eigenvalue weighted by Crippen LogP contribution is 2.30. The van der Waals surface area contributed by atoms with Crippen LogP contribution in [-0.4, -0.2) is 23.5 Å². The molecule has 1 aliphatic rings. The zero-order chi connectivity index (χ0) is 14.3. The van der Waals surface area contributed by atoms with E-state index < -0.39 is 11.7 Å². The van der Waals surface area contributed by atoms with Crippen LogP contribution >= 0.6 is 0 Å². The van der Waals surface area contributed by atoms with Crippen molar-refractivity contribution in [3.8, 4) is 0 Å². The molecular formula is C13H15F3N2O. The van der Waals surface area contributed by atoms with Gasteiger partial charge in [0.2, 0.25) is 5.90 Å². The molecule has 104 valence electrons. The fourth-order valence-corrected chi connectivity index (χ4v) is 1.68. The molecule has 19 heavy (non-hydrogen) atoms. The van der Waals surface area contributed by atoms with Crippen LogP contribution in [0.2, 0.25) is 0 Å². The molecule has 0 aromatic carbocycles.